The molecule has 3 nitrogen and oxygen atoms in total. The highest BCUT2D eigenvalue weighted by Crippen LogP contribution is 2.44. The van der Waals surface area contributed by atoms with E-state index in [1.807, 2.05) is 6.07 Å². The molecule has 2 atom stereocenters. The van der Waals surface area contributed by atoms with Gasteiger partial charge in [-0.15, -0.1) is 0 Å². The van der Waals surface area contributed by atoms with Crippen molar-refractivity contribution in [3.63, 3.8) is 0 Å². The van der Waals surface area contributed by atoms with Crippen molar-refractivity contribution in [3.05, 3.63) is 23.8 Å². The van der Waals surface area contributed by atoms with Crippen LogP contribution in [0.25, 0.3) is 0 Å². The van der Waals surface area contributed by atoms with Crippen molar-refractivity contribution in [1.29, 1.82) is 0 Å². The summed E-state index contributed by atoms with van der Waals surface area (Å²) in [5, 5.41) is 3.69. The molecule has 3 heteroatoms. The fraction of sp³-hybridized carbons (Fsp3) is 0.667. The van der Waals surface area contributed by atoms with E-state index in [4.69, 9.17) is 9.47 Å². The fourth-order valence-corrected chi connectivity index (χ4v) is 3.28. The van der Waals surface area contributed by atoms with Crippen LogP contribution in [0.5, 0.6) is 11.5 Å². The standard InChI is InChI=1S/C18H29NO2/c1-5-10-18(7-3)13-16(19-11-6-2)15-12-14(20-4)8-9-17(15)21-18/h8-9,12,16,19H,5-7,10-11,13H2,1-4H3. The zero-order valence-electron chi connectivity index (χ0n) is 13.9. The average molecular weight is 291 g/mol. The number of benzene rings is 1. The van der Waals surface area contributed by atoms with Gasteiger partial charge < -0.3 is 14.8 Å². The summed E-state index contributed by atoms with van der Waals surface area (Å²) >= 11 is 0. The van der Waals surface area contributed by atoms with Gasteiger partial charge in [0.15, 0.2) is 0 Å². The monoisotopic (exact) mass is 291 g/mol. The van der Waals surface area contributed by atoms with E-state index in [0.717, 1.165) is 50.1 Å². The maximum atomic E-state index is 6.42. The molecule has 1 aromatic rings. The Bertz CT molecular complexity index is 461. The first kappa shape index (κ1) is 16.2. The smallest absolute Gasteiger partial charge is 0.125 e. The third-order valence-electron chi connectivity index (χ3n) is 4.49. The van der Waals surface area contributed by atoms with Crippen LogP contribution in [0.15, 0.2) is 18.2 Å². The van der Waals surface area contributed by atoms with E-state index < -0.39 is 0 Å². The van der Waals surface area contributed by atoms with E-state index in [1.54, 1.807) is 7.11 Å². The van der Waals surface area contributed by atoms with Crippen LogP contribution in [0.3, 0.4) is 0 Å². The molecule has 1 aliphatic rings. The summed E-state index contributed by atoms with van der Waals surface area (Å²) in [6.45, 7) is 7.71. The second kappa shape index (κ2) is 7.17. The third-order valence-corrected chi connectivity index (χ3v) is 4.49. The molecule has 0 amide bonds. The Hall–Kier alpha value is -1.22. The van der Waals surface area contributed by atoms with Crippen molar-refractivity contribution >= 4 is 0 Å². The lowest BCUT2D eigenvalue weighted by molar-refractivity contribution is 0.0177. The molecule has 2 unspecified atom stereocenters. The maximum absolute atomic E-state index is 6.42. The molecule has 1 aromatic carbocycles. The van der Waals surface area contributed by atoms with Gasteiger partial charge in [-0.05, 0) is 44.0 Å². The van der Waals surface area contributed by atoms with E-state index in [0.29, 0.717) is 6.04 Å². The topological polar surface area (TPSA) is 30.5 Å². The molecular weight excluding hydrogens is 262 g/mol. The zero-order chi connectivity index (χ0) is 15.3. The van der Waals surface area contributed by atoms with Crippen molar-refractivity contribution in [2.24, 2.45) is 0 Å². The minimum atomic E-state index is -0.0260. The molecule has 1 N–H and O–H groups in total. The van der Waals surface area contributed by atoms with Crippen molar-refractivity contribution in [2.75, 3.05) is 13.7 Å². The van der Waals surface area contributed by atoms with Crippen LogP contribution >= 0.6 is 0 Å². The Kier molecular flexibility index (Phi) is 5.51. The lowest BCUT2D eigenvalue weighted by Gasteiger charge is -2.42. The second-order valence-corrected chi connectivity index (χ2v) is 6.00. The van der Waals surface area contributed by atoms with Crippen LogP contribution in [0, 0.1) is 0 Å². The highest BCUT2D eigenvalue weighted by Gasteiger charge is 2.39. The highest BCUT2D eigenvalue weighted by atomic mass is 16.5. The summed E-state index contributed by atoms with van der Waals surface area (Å²) in [6, 6.07) is 6.53. The van der Waals surface area contributed by atoms with E-state index >= 15 is 0 Å². The van der Waals surface area contributed by atoms with E-state index in [1.165, 1.54) is 5.56 Å². The van der Waals surface area contributed by atoms with Crippen LogP contribution in [0.2, 0.25) is 0 Å². The Morgan fingerprint density at radius 1 is 1.29 bits per heavy atom. The third kappa shape index (κ3) is 3.52. The summed E-state index contributed by atoms with van der Waals surface area (Å²) in [7, 11) is 1.72. The fourth-order valence-electron chi connectivity index (χ4n) is 3.28. The van der Waals surface area contributed by atoms with E-state index in [-0.39, 0.29) is 5.60 Å². The Balaban J connectivity index is 2.34. The number of ether oxygens (including phenoxy) is 2. The quantitative estimate of drug-likeness (QED) is 0.804. The molecule has 0 aromatic heterocycles. The molecule has 0 saturated heterocycles. The number of hydrogen-bond acceptors (Lipinski definition) is 3. The molecule has 21 heavy (non-hydrogen) atoms. The summed E-state index contributed by atoms with van der Waals surface area (Å²) in [5.74, 6) is 1.92. The first-order valence-corrected chi connectivity index (χ1v) is 8.28. The van der Waals surface area contributed by atoms with Crippen molar-refractivity contribution in [2.45, 2.75) is 64.5 Å². The molecule has 0 bridgehead atoms. The Morgan fingerprint density at radius 3 is 2.71 bits per heavy atom. The van der Waals surface area contributed by atoms with Crippen LogP contribution in [-0.4, -0.2) is 19.3 Å². The van der Waals surface area contributed by atoms with Gasteiger partial charge in [0.2, 0.25) is 0 Å². The molecular formula is C18H29NO2. The average Bonchev–Trinajstić information content (AvgIpc) is 2.52. The van der Waals surface area contributed by atoms with Crippen molar-refractivity contribution < 1.29 is 9.47 Å². The first-order chi connectivity index (χ1) is 10.2. The van der Waals surface area contributed by atoms with Gasteiger partial charge in [0.25, 0.3) is 0 Å². The van der Waals surface area contributed by atoms with Crippen LogP contribution in [0.1, 0.15) is 64.5 Å². The van der Waals surface area contributed by atoms with E-state index in [2.05, 4.69) is 38.2 Å². The number of rotatable bonds is 7. The van der Waals surface area contributed by atoms with Crippen LogP contribution < -0.4 is 14.8 Å². The second-order valence-electron chi connectivity index (χ2n) is 6.00. The SMILES string of the molecule is CCCNC1CC(CC)(CCC)Oc2ccc(OC)cc21. The summed E-state index contributed by atoms with van der Waals surface area (Å²) < 4.78 is 11.8. The van der Waals surface area contributed by atoms with E-state index in [9.17, 15) is 0 Å². The van der Waals surface area contributed by atoms with Gasteiger partial charge in [-0.25, -0.2) is 0 Å². The Morgan fingerprint density at radius 2 is 2.10 bits per heavy atom. The van der Waals surface area contributed by atoms with Crippen LogP contribution in [-0.2, 0) is 0 Å². The van der Waals surface area contributed by atoms with Crippen molar-refractivity contribution in [1.82, 2.24) is 5.32 Å². The number of hydrogen-bond donors (Lipinski definition) is 1. The maximum Gasteiger partial charge on any atom is 0.125 e. The lowest BCUT2D eigenvalue weighted by Crippen LogP contribution is -2.43. The van der Waals surface area contributed by atoms with Gasteiger partial charge in [-0.2, -0.15) is 0 Å². The molecule has 0 saturated carbocycles. The minimum absolute atomic E-state index is 0.0260. The summed E-state index contributed by atoms with van der Waals surface area (Å²) in [4.78, 5) is 0. The predicted octanol–water partition coefficient (Wildman–Crippen LogP) is 4.47. The van der Waals surface area contributed by atoms with Gasteiger partial charge in [0.05, 0.1) is 7.11 Å². The minimum Gasteiger partial charge on any atom is -0.497 e. The highest BCUT2D eigenvalue weighted by molar-refractivity contribution is 5.44. The summed E-state index contributed by atoms with van der Waals surface area (Å²) in [6.07, 6.45) is 5.50. The Labute approximate surface area is 129 Å². The number of nitrogens with one attached hydrogen (secondary N) is 1. The molecule has 1 heterocycles. The summed E-state index contributed by atoms with van der Waals surface area (Å²) in [5.41, 5.74) is 1.21. The zero-order valence-corrected chi connectivity index (χ0v) is 13.9. The first-order valence-electron chi connectivity index (χ1n) is 8.28. The van der Waals surface area contributed by atoms with Crippen LogP contribution in [0.4, 0.5) is 0 Å². The normalized spacial score (nSPS) is 24.3. The predicted molar refractivity (Wildman–Crippen MR) is 87.2 cm³/mol. The molecule has 0 spiro atoms. The molecule has 0 fully saturated rings. The number of methoxy groups -OCH3 is 1. The molecule has 1 aliphatic heterocycles. The molecule has 2 rings (SSSR count). The van der Waals surface area contributed by atoms with Gasteiger partial charge in [0.1, 0.15) is 17.1 Å². The molecule has 0 radical (unpaired) electrons. The molecule has 118 valence electrons. The number of fused-ring (bicyclic) bond motifs is 1. The van der Waals surface area contributed by atoms with Crippen molar-refractivity contribution in [3.8, 4) is 11.5 Å². The van der Waals surface area contributed by atoms with Gasteiger partial charge in [-0.1, -0.05) is 27.2 Å². The lowest BCUT2D eigenvalue weighted by atomic mass is 9.82. The molecule has 0 aliphatic carbocycles. The van der Waals surface area contributed by atoms with Gasteiger partial charge >= 0.3 is 0 Å². The van der Waals surface area contributed by atoms with Gasteiger partial charge in [-0.3, -0.25) is 0 Å². The van der Waals surface area contributed by atoms with Gasteiger partial charge in [0, 0.05) is 18.0 Å². The largest absolute Gasteiger partial charge is 0.497 e.